The first-order valence-electron chi connectivity index (χ1n) is 34.1. The summed E-state index contributed by atoms with van der Waals surface area (Å²) >= 11 is 4.24. The Morgan fingerprint density at radius 3 is 0.663 bits per heavy atom. The number of hydrogen-bond donors (Lipinski definition) is 0. The van der Waals surface area contributed by atoms with Crippen molar-refractivity contribution in [1.29, 1.82) is 0 Å². The monoisotopic (exact) mass is 1400 g/mol. The van der Waals surface area contributed by atoms with Crippen LogP contribution in [-0.4, -0.2) is 39.3 Å². The van der Waals surface area contributed by atoms with E-state index in [1.54, 1.807) is 7.05 Å². The van der Waals surface area contributed by atoms with Crippen LogP contribution < -0.4 is 0 Å². The van der Waals surface area contributed by atoms with Gasteiger partial charge in [-0.2, -0.15) is 0 Å². The van der Waals surface area contributed by atoms with E-state index in [4.69, 9.17) is 0 Å². The Labute approximate surface area is 560 Å². The summed E-state index contributed by atoms with van der Waals surface area (Å²) in [7, 11) is 5.75. The second-order valence-corrected chi connectivity index (χ2v) is 21.6. The molecule has 2 nitrogen and oxygen atoms in total. The summed E-state index contributed by atoms with van der Waals surface area (Å²) in [6.45, 7) is 41.0. The number of aliphatic imine (C=N–C) groups is 1. The second-order valence-electron chi connectivity index (χ2n) is 21.6. The van der Waals surface area contributed by atoms with E-state index in [0.29, 0.717) is 47.3 Å². The van der Waals surface area contributed by atoms with Crippen molar-refractivity contribution in [1.82, 2.24) is 4.90 Å². The third-order valence-electron chi connectivity index (χ3n) is 16.1. The molecule has 0 amide bonds. The van der Waals surface area contributed by atoms with Gasteiger partial charge in [0.05, 0.1) is 0 Å². The minimum atomic E-state index is 0. The van der Waals surface area contributed by atoms with Gasteiger partial charge in [-0.15, -0.1) is 0 Å². The van der Waals surface area contributed by atoms with E-state index >= 15 is 0 Å². The van der Waals surface area contributed by atoms with Crippen molar-refractivity contribution in [3.05, 3.63) is 214 Å². The van der Waals surface area contributed by atoms with E-state index in [-0.39, 0.29) is 7.43 Å². The molecule has 0 fully saturated rings. The lowest BCUT2D eigenvalue weighted by atomic mass is 9.76. The first-order chi connectivity index (χ1) is 41.6. The molecule has 0 radical (unpaired) electrons. The van der Waals surface area contributed by atoms with Gasteiger partial charge in [0.2, 0.25) is 0 Å². The maximum atomic E-state index is 3.25. The van der Waals surface area contributed by atoms with Crippen LogP contribution in [0, 0.1) is 0 Å². The molecule has 4 heteroatoms. The van der Waals surface area contributed by atoms with Gasteiger partial charge in [-0.3, -0.25) is 0 Å². The summed E-state index contributed by atoms with van der Waals surface area (Å²) in [6, 6.07) is 64.3. The third-order valence-corrected chi connectivity index (χ3v) is 16.1. The van der Waals surface area contributed by atoms with Gasteiger partial charge in [0.15, 0.2) is 0 Å². The lowest BCUT2D eigenvalue weighted by Crippen LogP contribution is -2.11. The molecule has 0 aromatic heterocycles. The molecular weight excluding hydrogens is 1270 g/mol. The van der Waals surface area contributed by atoms with Crippen molar-refractivity contribution < 1.29 is 0 Å². The van der Waals surface area contributed by atoms with Gasteiger partial charge in [0, 0.05) is 44.3 Å². The highest BCUT2D eigenvalue weighted by atomic mass is 128. The van der Waals surface area contributed by atoms with Crippen LogP contribution in [0.4, 0.5) is 0 Å². The first kappa shape index (κ1) is 88.8. The van der Waals surface area contributed by atoms with Gasteiger partial charge in [0.1, 0.15) is 0 Å². The largest absolute Gasteiger partial charge is 0.310 e. The number of benzene rings is 6. The van der Waals surface area contributed by atoms with Crippen molar-refractivity contribution in [2.75, 3.05) is 27.7 Å². The predicted molar refractivity (Wildman–Crippen MR) is 415 cm³/mol. The van der Waals surface area contributed by atoms with Crippen molar-refractivity contribution in [3.8, 4) is 0 Å². The van der Waals surface area contributed by atoms with Crippen LogP contribution >= 0.6 is 37.2 Å². The fraction of sp³-hybridized carbons (Fsp3) is 0.549. The Bertz CT molecular complexity index is 2210. The molecule has 0 heterocycles. The standard InChI is InChI=1S/C34H46.C33H44.C4H11N.C2H5N.4C2H6.CH4.I2/c1-5-15-27(7-3)31-21-23-32(24-22-31)34(25-28(8-4)29-17-11-9-12-18-29)26-33(16-6-2)30-19-13-10-14-20-30;1-5-15-26(6-2)31-20-22-32(23-21-31)33(24-27(7-3)29-16-11-9-12-17-29)25-28(8-4)30-18-13-10-14-19-30;1-4-5(2)3;1-3-2;4*1-2;;1-2/h9-14,17-24,27-28,33-34H,5-8,15-16,25-26H2,1-4H3;9-14,16-23,26-28,33H,5-8,15,24-25H2,1-4H3;4H2,1-3H3;1H2,2H3;4*1-2H3;1H4;. The normalized spacial score (nSPS) is 12.7. The summed E-state index contributed by atoms with van der Waals surface area (Å²) < 4.78 is 0. The number of hydrogen-bond acceptors (Lipinski definition) is 2. The lowest BCUT2D eigenvalue weighted by molar-refractivity contribution is 0.434. The fourth-order valence-corrected chi connectivity index (χ4v) is 11.4. The van der Waals surface area contributed by atoms with Gasteiger partial charge in [0.25, 0.3) is 0 Å². The number of halogens is 2. The number of rotatable bonds is 28. The van der Waals surface area contributed by atoms with Gasteiger partial charge in [-0.05, 0) is 196 Å². The first-order valence-corrected chi connectivity index (χ1v) is 40.4. The molecule has 7 unspecified atom stereocenters. The average Bonchev–Trinajstić information content (AvgIpc) is 3.12. The van der Waals surface area contributed by atoms with E-state index in [1.807, 2.05) is 55.4 Å². The number of nitrogens with zero attached hydrogens (tertiary/aromatic N) is 2. The second kappa shape index (κ2) is 61.6. The minimum absolute atomic E-state index is 0. The zero-order valence-corrected chi connectivity index (χ0v) is 62.8. The van der Waals surface area contributed by atoms with Crippen LogP contribution in [0.1, 0.15) is 313 Å². The van der Waals surface area contributed by atoms with Gasteiger partial charge >= 0.3 is 0 Å². The Morgan fingerprint density at radius 1 is 0.314 bits per heavy atom. The summed E-state index contributed by atoms with van der Waals surface area (Å²) in [4.78, 5) is 5.38. The SMILES string of the molecule is C.C=NC.CC.CC.CC.CC.CCCC(CC)c1ccc(C(CC(CC)c2ccccc2)CC(CC)c2ccccc2)cc1.CCCC(CC)c1ccc(C(CC(CC)c2ccccc2)CC(CCC)c2ccccc2)cc1.CCN(C)C.II. The van der Waals surface area contributed by atoms with E-state index in [1.165, 1.54) is 141 Å². The molecular formula is C82H134I2N2. The van der Waals surface area contributed by atoms with Gasteiger partial charge in [-0.25, -0.2) is 0 Å². The molecule has 0 saturated heterocycles. The van der Waals surface area contributed by atoms with Crippen LogP contribution in [-0.2, 0) is 0 Å². The van der Waals surface area contributed by atoms with E-state index < -0.39 is 0 Å². The molecule has 486 valence electrons. The Balaban J connectivity index is -0.000000609. The Kier molecular flexibility index (Phi) is 63.7. The fourth-order valence-electron chi connectivity index (χ4n) is 11.4. The van der Waals surface area contributed by atoms with Crippen molar-refractivity contribution in [2.45, 2.75) is 269 Å². The summed E-state index contributed by atoms with van der Waals surface area (Å²) in [6.07, 6.45) is 18.5. The van der Waals surface area contributed by atoms with Crippen LogP contribution in [0.25, 0.3) is 0 Å². The topological polar surface area (TPSA) is 15.6 Å². The smallest absolute Gasteiger partial charge is 0.0269 e. The molecule has 0 aliphatic heterocycles. The lowest BCUT2D eigenvalue weighted by Gasteiger charge is -2.28. The van der Waals surface area contributed by atoms with Crippen molar-refractivity contribution >= 4 is 43.9 Å². The van der Waals surface area contributed by atoms with E-state index in [9.17, 15) is 0 Å². The molecule has 0 N–H and O–H groups in total. The Hall–Kier alpha value is -3.59. The molecule has 0 saturated carbocycles. The molecule has 6 rings (SSSR count). The minimum Gasteiger partial charge on any atom is -0.310 e. The van der Waals surface area contributed by atoms with Crippen molar-refractivity contribution in [3.63, 3.8) is 0 Å². The predicted octanol–water partition coefficient (Wildman–Crippen LogP) is 28.3. The molecule has 6 aromatic carbocycles. The van der Waals surface area contributed by atoms with E-state index in [0.717, 1.165) is 6.54 Å². The zero-order chi connectivity index (χ0) is 64.6. The molecule has 6 aromatic rings. The summed E-state index contributed by atoms with van der Waals surface area (Å²) in [5.41, 5.74) is 12.1. The molecule has 86 heavy (non-hydrogen) atoms. The Morgan fingerprint density at radius 2 is 0.477 bits per heavy atom. The average molecular weight is 1400 g/mol. The van der Waals surface area contributed by atoms with Crippen molar-refractivity contribution in [2.24, 2.45) is 4.99 Å². The molecule has 0 spiro atoms. The van der Waals surface area contributed by atoms with Gasteiger partial charge < -0.3 is 9.89 Å². The van der Waals surface area contributed by atoms with Gasteiger partial charge in [-0.1, -0.05) is 314 Å². The van der Waals surface area contributed by atoms with Crippen LogP contribution in [0.3, 0.4) is 0 Å². The molecule has 0 aliphatic rings. The third kappa shape index (κ3) is 36.8. The maximum Gasteiger partial charge on any atom is 0.0269 e. The molecule has 7 atom stereocenters. The molecule has 0 bridgehead atoms. The highest BCUT2D eigenvalue weighted by Gasteiger charge is 2.25. The summed E-state index contributed by atoms with van der Waals surface area (Å²) in [5.74, 6) is 4.97. The van der Waals surface area contributed by atoms with E-state index in [2.05, 4.69) is 300 Å². The maximum absolute atomic E-state index is 3.25. The van der Waals surface area contributed by atoms with Crippen LogP contribution in [0.15, 0.2) is 175 Å². The van der Waals surface area contributed by atoms with Crippen LogP contribution in [0.5, 0.6) is 0 Å². The quantitative estimate of drug-likeness (QED) is 0.0353. The van der Waals surface area contributed by atoms with Crippen LogP contribution in [0.2, 0.25) is 0 Å². The highest BCUT2D eigenvalue weighted by Crippen LogP contribution is 2.42. The summed E-state index contributed by atoms with van der Waals surface area (Å²) in [5, 5.41) is 0. The zero-order valence-electron chi connectivity index (χ0n) is 58.5. The molecule has 0 aliphatic carbocycles. The highest BCUT2D eigenvalue weighted by molar-refractivity contribution is 15.0.